The third-order valence-corrected chi connectivity index (χ3v) is 2.15. The third-order valence-electron chi connectivity index (χ3n) is 2.15. The van der Waals surface area contributed by atoms with E-state index in [2.05, 4.69) is 0 Å². The van der Waals surface area contributed by atoms with Gasteiger partial charge < -0.3 is 10.2 Å². The van der Waals surface area contributed by atoms with Crippen LogP contribution in [0, 0.1) is 11.8 Å². The molecule has 11 heavy (non-hydrogen) atoms. The standard InChI is InChI=1S/C9H20O2/c1-4-5-9(11)8(6-10)7(2)3/h7-11H,4-6H2,1-3H3/t8-,9+/m1/s1. The van der Waals surface area contributed by atoms with Crippen LogP contribution >= 0.6 is 0 Å². The molecule has 0 aliphatic rings. The van der Waals surface area contributed by atoms with Gasteiger partial charge in [0.2, 0.25) is 0 Å². The van der Waals surface area contributed by atoms with Crippen molar-refractivity contribution in [3.05, 3.63) is 0 Å². The lowest BCUT2D eigenvalue weighted by Gasteiger charge is -2.23. The second-order valence-electron chi connectivity index (χ2n) is 3.45. The summed E-state index contributed by atoms with van der Waals surface area (Å²) in [5.74, 6) is 0.413. The summed E-state index contributed by atoms with van der Waals surface area (Å²) in [5.41, 5.74) is 0. The molecule has 0 rings (SSSR count). The van der Waals surface area contributed by atoms with Gasteiger partial charge in [0.1, 0.15) is 0 Å². The van der Waals surface area contributed by atoms with Crippen LogP contribution in [0.15, 0.2) is 0 Å². The van der Waals surface area contributed by atoms with Crippen molar-refractivity contribution in [1.29, 1.82) is 0 Å². The summed E-state index contributed by atoms with van der Waals surface area (Å²) >= 11 is 0. The normalized spacial score (nSPS) is 16.9. The molecule has 0 aromatic carbocycles. The van der Waals surface area contributed by atoms with Gasteiger partial charge in [-0.25, -0.2) is 0 Å². The molecule has 0 heterocycles. The van der Waals surface area contributed by atoms with E-state index in [1.165, 1.54) is 0 Å². The van der Waals surface area contributed by atoms with Gasteiger partial charge >= 0.3 is 0 Å². The Morgan fingerprint density at radius 2 is 1.82 bits per heavy atom. The number of rotatable bonds is 5. The quantitative estimate of drug-likeness (QED) is 0.638. The summed E-state index contributed by atoms with van der Waals surface area (Å²) in [6.45, 7) is 6.19. The molecule has 2 nitrogen and oxygen atoms in total. The SMILES string of the molecule is CCC[C@H](O)[C@H](CO)C(C)C. The molecule has 2 atom stereocenters. The highest BCUT2D eigenvalue weighted by molar-refractivity contribution is 4.70. The molecule has 0 bridgehead atoms. The second-order valence-corrected chi connectivity index (χ2v) is 3.45. The Hall–Kier alpha value is -0.0800. The van der Waals surface area contributed by atoms with Crippen molar-refractivity contribution in [2.75, 3.05) is 6.61 Å². The van der Waals surface area contributed by atoms with Crippen molar-refractivity contribution < 1.29 is 10.2 Å². The van der Waals surface area contributed by atoms with E-state index in [-0.39, 0.29) is 18.6 Å². The average Bonchev–Trinajstić information content (AvgIpc) is 1.88. The minimum atomic E-state index is -0.329. The fraction of sp³-hybridized carbons (Fsp3) is 1.00. The van der Waals surface area contributed by atoms with Gasteiger partial charge in [0.15, 0.2) is 0 Å². The Morgan fingerprint density at radius 1 is 1.27 bits per heavy atom. The Balaban J connectivity index is 3.81. The minimum absolute atomic E-state index is 0.0509. The maximum atomic E-state index is 9.52. The topological polar surface area (TPSA) is 40.5 Å². The van der Waals surface area contributed by atoms with Crippen molar-refractivity contribution in [2.24, 2.45) is 11.8 Å². The predicted molar refractivity (Wildman–Crippen MR) is 46.3 cm³/mol. The highest BCUT2D eigenvalue weighted by atomic mass is 16.3. The maximum Gasteiger partial charge on any atom is 0.0592 e. The van der Waals surface area contributed by atoms with Crippen LogP contribution in [0.25, 0.3) is 0 Å². The molecule has 68 valence electrons. The fourth-order valence-electron chi connectivity index (χ4n) is 1.29. The molecule has 0 spiro atoms. The van der Waals surface area contributed by atoms with Gasteiger partial charge in [-0.3, -0.25) is 0 Å². The van der Waals surface area contributed by atoms with Crippen molar-refractivity contribution in [3.8, 4) is 0 Å². The predicted octanol–water partition coefficient (Wildman–Crippen LogP) is 1.41. The van der Waals surface area contributed by atoms with Crippen LogP contribution in [0.2, 0.25) is 0 Å². The molecular formula is C9H20O2. The van der Waals surface area contributed by atoms with Gasteiger partial charge in [0, 0.05) is 12.5 Å². The molecule has 0 fully saturated rings. The van der Waals surface area contributed by atoms with E-state index in [0.717, 1.165) is 12.8 Å². The number of hydrogen-bond acceptors (Lipinski definition) is 2. The van der Waals surface area contributed by atoms with Crippen LogP contribution in [0.3, 0.4) is 0 Å². The Bertz CT molecular complexity index is 91.6. The molecule has 0 aromatic rings. The smallest absolute Gasteiger partial charge is 0.0592 e. The van der Waals surface area contributed by atoms with Crippen molar-refractivity contribution in [2.45, 2.75) is 39.7 Å². The van der Waals surface area contributed by atoms with E-state index in [9.17, 15) is 5.11 Å². The molecule has 0 saturated heterocycles. The summed E-state index contributed by atoms with van der Waals surface area (Å²) in [6, 6.07) is 0. The third kappa shape index (κ3) is 3.73. The van der Waals surface area contributed by atoms with Gasteiger partial charge in [-0.2, -0.15) is 0 Å². The maximum absolute atomic E-state index is 9.52. The monoisotopic (exact) mass is 160 g/mol. The first-order chi connectivity index (χ1) is 5.13. The Morgan fingerprint density at radius 3 is 2.09 bits per heavy atom. The van der Waals surface area contributed by atoms with Gasteiger partial charge in [-0.15, -0.1) is 0 Å². The lowest BCUT2D eigenvalue weighted by Crippen LogP contribution is -2.28. The van der Waals surface area contributed by atoms with Gasteiger partial charge in [0.05, 0.1) is 6.10 Å². The summed E-state index contributed by atoms with van der Waals surface area (Å²) in [7, 11) is 0. The molecule has 0 amide bonds. The van der Waals surface area contributed by atoms with Gasteiger partial charge in [-0.1, -0.05) is 27.2 Å². The van der Waals surface area contributed by atoms with E-state index in [0.29, 0.717) is 5.92 Å². The molecular weight excluding hydrogens is 140 g/mol. The van der Waals surface area contributed by atoms with Gasteiger partial charge in [-0.05, 0) is 12.3 Å². The van der Waals surface area contributed by atoms with Crippen molar-refractivity contribution in [1.82, 2.24) is 0 Å². The van der Waals surface area contributed by atoms with Crippen LogP contribution in [0.4, 0.5) is 0 Å². The van der Waals surface area contributed by atoms with Crippen LogP contribution in [-0.4, -0.2) is 22.9 Å². The average molecular weight is 160 g/mol. The zero-order valence-corrected chi connectivity index (χ0v) is 7.75. The number of aliphatic hydroxyl groups excluding tert-OH is 2. The molecule has 2 N–H and O–H groups in total. The van der Waals surface area contributed by atoms with Crippen LogP contribution in [0.1, 0.15) is 33.6 Å². The summed E-state index contributed by atoms with van der Waals surface area (Å²) in [5, 5.41) is 18.5. The summed E-state index contributed by atoms with van der Waals surface area (Å²) in [4.78, 5) is 0. The molecule has 2 heteroatoms. The highest BCUT2D eigenvalue weighted by Crippen LogP contribution is 2.17. The van der Waals surface area contributed by atoms with Crippen LogP contribution < -0.4 is 0 Å². The van der Waals surface area contributed by atoms with E-state index >= 15 is 0 Å². The van der Waals surface area contributed by atoms with E-state index in [1.54, 1.807) is 0 Å². The van der Waals surface area contributed by atoms with Crippen molar-refractivity contribution in [3.63, 3.8) is 0 Å². The first-order valence-corrected chi connectivity index (χ1v) is 4.42. The first kappa shape index (κ1) is 10.9. The van der Waals surface area contributed by atoms with E-state index in [4.69, 9.17) is 5.11 Å². The minimum Gasteiger partial charge on any atom is -0.396 e. The molecule has 0 aromatic heterocycles. The van der Waals surface area contributed by atoms with E-state index in [1.807, 2.05) is 20.8 Å². The molecule has 0 aliphatic carbocycles. The zero-order valence-electron chi connectivity index (χ0n) is 7.75. The van der Waals surface area contributed by atoms with Gasteiger partial charge in [0.25, 0.3) is 0 Å². The molecule has 0 unspecified atom stereocenters. The second kappa shape index (κ2) is 5.56. The highest BCUT2D eigenvalue weighted by Gasteiger charge is 2.20. The van der Waals surface area contributed by atoms with E-state index < -0.39 is 0 Å². The number of hydrogen-bond donors (Lipinski definition) is 2. The Kier molecular flexibility index (Phi) is 5.51. The number of aliphatic hydroxyl groups is 2. The molecule has 0 saturated carbocycles. The largest absolute Gasteiger partial charge is 0.396 e. The molecule has 0 aliphatic heterocycles. The Labute approximate surface area is 69.2 Å². The summed E-state index contributed by atoms with van der Waals surface area (Å²) in [6.07, 6.45) is 1.44. The lowest BCUT2D eigenvalue weighted by atomic mass is 9.89. The first-order valence-electron chi connectivity index (χ1n) is 4.42. The molecule has 0 radical (unpaired) electrons. The lowest BCUT2D eigenvalue weighted by molar-refractivity contribution is 0.0357. The van der Waals surface area contributed by atoms with Crippen LogP contribution in [0.5, 0.6) is 0 Å². The van der Waals surface area contributed by atoms with Crippen molar-refractivity contribution >= 4 is 0 Å². The van der Waals surface area contributed by atoms with Crippen LogP contribution in [-0.2, 0) is 0 Å². The summed E-state index contributed by atoms with van der Waals surface area (Å²) < 4.78 is 0. The fourth-order valence-corrected chi connectivity index (χ4v) is 1.29. The zero-order chi connectivity index (χ0) is 8.85.